The number of nitrogens with zero attached hydrogens (tertiary/aromatic N) is 2. The molecule has 1 aliphatic rings. The third-order valence-electron chi connectivity index (χ3n) is 2.59. The van der Waals surface area contributed by atoms with Gasteiger partial charge in [-0.2, -0.15) is 4.98 Å². The maximum atomic E-state index is 8.73. The summed E-state index contributed by atoms with van der Waals surface area (Å²) in [6, 6.07) is 0. The van der Waals surface area contributed by atoms with E-state index >= 15 is 0 Å². The molecule has 13 heavy (non-hydrogen) atoms. The highest BCUT2D eigenvalue weighted by atomic mass is 16.5. The molecule has 1 N–H and O–H groups in total. The van der Waals surface area contributed by atoms with Gasteiger partial charge in [0.25, 0.3) is 0 Å². The van der Waals surface area contributed by atoms with Crippen LogP contribution in [0.3, 0.4) is 0 Å². The lowest BCUT2D eigenvalue weighted by molar-refractivity contribution is 0.262. The average molecular weight is 182 g/mol. The van der Waals surface area contributed by atoms with Crippen LogP contribution in [0.1, 0.15) is 37.4 Å². The van der Waals surface area contributed by atoms with Gasteiger partial charge in [0, 0.05) is 6.42 Å². The molecule has 0 atom stereocenters. The van der Waals surface area contributed by atoms with Crippen molar-refractivity contribution in [2.45, 2.75) is 38.7 Å². The topological polar surface area (TPSA) is 59.2 Å². The fourth-order valence-electron chi connectivity index (χ4n) is 1.90. The SMILES string of the molecule is OCc1noc(CC2CCCC2)n1. The first-order valence-electron chi connectivity index (χ1n) is 4.81. The van der Waals surface area contributed by atoms with E-state index < -0.39 is 0 Å². The molecule has 0 radical (unpaired) electrons. The van der Waals surface area contributed by atoms with Gasteiger partial charge in [0.05, 0.1) is 0 Å². The van der Waals surface area contributed by atoms with E-state index in [0.717, 1.165) is 6.42 Å². The van der Waals surface area contributed by atoms with Crippen LogP contribution in [0.5, 0.6) is 0 Å². The van der Waals surface area contributed by atoms with Gasteiger partial charge in [-0.15, -0.1) is 0 Å². The van der Waals surface area contributed by atoms with E-state index in [1.165, 1.54) is 25.7 Å². The van der Waals surface area contributed by atoms with Crippen LogP contribution >= 0.6 is 0 Å². The normalized spacial score (nSPS) is 18.2. The van der Waals surface area contributed by atoms with Crippen molar-refractivity contribution < 1.29 is 9.63 Å². The van der Waals surface area contributed by atoms with Gasteiger partial charge >= 0.3 is 0 Å². The van der Waals surface area contributed by atoms with Crippen LogP contribution in [0.15, 0.2) is 4.52 Å². The molecule has 72 valence electrons. The summed E-state index contributed by atoms with van der Waals surface area (Å²) in [6.07, 6.45) is 6.08. The maximum Gasteiger partial charge on any atom is 0.227 e. The first-order chi connectivity index (χ1) is 6.38. The fraction of sp³-hybridized carbons (Fsp3) is 0.778. The van der Waals surface area contributed by atoms with Crippen molar-refractivity contribution in [1.29, 1.82) is 0 Å². The van der Waals surface area contributed by atoms with Crippen LogP contribution in [-0.4, -0.2) is 15.2 Å². The monoisotopic (exact) mass is 182 g/mol. The van der Waals surface area contributed by atoms with Crippen LogP contribution in [0.2, 0.25) is 0 Å². The molecule has 1 aromatic rings. The molecule has 0 unspecified atom stereocenters. The second-order valence-corrected chi connectivity index (χ2v) is 3.62. The van der Waals surface area contributed by atoms with E-state index in [4.69, 9.17) is 9.63 Å². The second kappa shape index (κ2) is 3.87. The Balaban J connectivity index is 1.92. The van der Waals surface area contributed by atoms with Gasteiger partial charge in [0.15, 0.2) is 5.82 Å². The summed E-state index contributed by atoms with van der Waals surface area (Å²) in [7, 11) is 0. The molecule has 4 heteroatoms. The van der Waals surface area contributed by atoms with Crippen molar-refractivity contribution in [3.05, 3.63) is 11.7 Å². The molecule has 0 aromatic carbocycles. The lowest BCUT2D eigenvalue weighted by atomic mass is 10.0. The van der Waals surface area contributed by atoms with Crippen LogP contribution in [0, 0.1) is 5.92 Å². The summed E-state index contributed by atoms with van der Waals surface area (Å²) in [5, 5.41) is 12.4. The molecule has 1 fully saturated rings. The number of aromatic nitrogens is 2. The largest absolute Gasteiger partial charge is 0.388 e. The Bertz CT molecular complexity index is 266. The third kappa shape index (κ3) is 2.06. The molecule has 0 spiro atoms. The highest BCUT2D eigenvalue weighted by Crippen LogP contribution is 2.27. The third-order valence-corrected chi connectivity index (χ3v) is 2.59. The first kappa shape index (κ1) is 8.69. The maximum absolute atomic E-state index is 8.73. The molecule has 1 aromatic heterocycles. The van der Waals surface area contributed by atoms with Crippen LogP contribution < -0.4 is 0 Å². The molecule has 0 saturated heterocycles. The van der Waals surface area contributed by atoms with Gasteiger partial charge in [-0.05, 0) is 18.8 Å². The highest BCUT2D eigenvalue weighted by molar-refractivity contribution is 4.87. The highest BCUT2D eigenvalue weighted by Gasteiger charge is 2.18. The number of hydrogen-bond donors (Lipinski definition) is 1. The Labute approximate surface area is 77.0 Å². The number of rotatable bonds is 3. The molecule has 1 heterocycles. The van der Waals surface area contributed by atoms with Crippen molar-refractivity contribution in [2.24, 2.45) is 5.92 Å². The minimum Gasteiger partial charge on any atom is -0.388 e. The molecule has 1 aliphatic carbocycles. The summed E-state index contributed by atoms with van der Waals surface area (Å²) in [5.41, 5.74) is 0. The molecule has 0 aliphatic heterocycles. The first-order valence-corrected chi connectivity index (χ1v) is 4.81. The van der Waals surface area contributed by atoms with Gasteiger partial charge in [0.1, 0.15) is 6.61 Å². The average Bonchev–Trinajstić information content (AvgIpc) is 2.76. The zero-order valence-electron chi connectivity index (χ0n) is 7.57. The standard InChI is InChI=1S/C9H14N2O2/c12-6-8-10-9(13-11-8)5-7-3-1-2-4-7/h7,12H,1-6H2. The smallest absolute Gasteiger partial charge is 0.227 e. The van der Waals surface area contributed by atoms with Crippen molar-refractivity contribution >= 4 is 0 Å². The zero-order chi connectivity index (χ0) is 9.10. The quantitative estimate of drug-likeness (QED) is 0.765. The van der Waals surface area contributed by atoms with E-state index in [0.29, 0.717) is 17.6 Å². The fourth-order valence-corrected chi connectivity index (χ4v) is 1.90. The Morgan fingerprint density at radius 1 is 1.38 bits per heavy atom. The molecule has 2 rings (SSSR count). The molecular formula is C9H14N2O2. The van der Waals surface area contributed by atoms with Crippen LogP contribution in [0.25, 0.3) is 0 Å². The minimum atomic E-state index is -0.131. The second-order valence-electron chi connectivity index (χ2n) is 3.62. The van der Waals surface area contributed by atoms with E-state index in [1.807, 2.05) is 0 Å². The number of aliphatic hydroxyl groups excluding tert-OH is 1. The summed E-state index contributed by atoms with van der Waals surface area (Å²) in [4.78, 5) is 4.06. The predicted octanol–water partition coefficient (Wildman–Crippen LogP) is 1.29. The summed E-state index contributed by atoms with van der Waals surface area (Å²) in [5.74, 6) is 1.79. The molecular weight excluding hydrogens is 168 g/mol. The Morgan fingerprint density at radius 3 is 2.77 bits per heavy atom. The van der Waals surface area contributed by atoms with E-state index in [9.17, 15) is 0 Å². The van der Waals surface area contributed by atoms with Crippen molar-refractivity contribution in [2.75, 3.05) is 0 Å². The molecule has 0 bridgehead atoms. The minimum absolute atomic E-state index is 0.131. The predicted molar refractivity (Wildman–Crippen MR) is 45.9 cm³/mol. The van der Waals surface area contributed by atoms with Gasteiger partial charge < -0.3 is 9.63 Å². The van der Waals surface area contributed by atoms with Crippen molar-refractivity contribution in [3.8, 4) is 0 Å². The number of hydrogen-bond acceptors (Lipinski definition) is 4. The van der Waals surface area contributed by atoms with Crippen molar-refractivity contribution in [3.63, 3.8) is 0 Å². The van der Waals surface area contributed by atoms with Gasteiger partial charge in [-0.1, -0.05) is 18.0 Å². The molecule has 1 saturated carbocycles. The van der Waals surface area contributed by atoms with E-state index in [2.05, 4.69) is 10.1 Å². The van der Waals surface area contributed by atoms with Crippen LogP contribution in [-0.2, 0) is 13.0 Å². The van der Waals surface area contributed by atoms with E-state index in [-0.39, 0.29) is 6.61 Å². The Morgan fingerprint density at radius 2 is 2.15 bits per heavy atom. The molecule has 4 nitrogen and oxygen atoms in total. The number of aliphatic hydroxyl groups is 1. The Hall–Kier alpha value is -0.900. The summed E-state index contributed by atoms with van der Waals surface area (Å²) in [6.45, 7) is -0.131. The lowest BCUT2D eigenvalue weighted by Gasteiger charge is -2.02. The molecule has 0 amide bonds. The lowest BCUT2D eigenvalue weighted by Crippen LogP contribution is -1.99. The van der Waals surface area contributed by atoms with Gasteiger partial charge in [-0.3, -0.25) is 0 Å². The Kier molecular flexibility index (Phi) is 2.59. The zero-order valence-corrected chi connectivity index (χ0v) is 7.57. The van der Waals surface area contributed by atoms with Gasteiger partial charge in [-0.25, -0.2) is 0 Å². The van der Waals surface area contributed by atoms with E-state index in [1.54, 1.807) is 0 Å². The van der Waals surface area contributed by atoms with Crippen LogP contribution in [0.4, 0.5) is 0 Å². The summed E-state index contributed by atoms with van der Waals surface area (Å²) < 4.78 is 5.00. The summed E-state index contributed by atoms with van der Waals surface area (Å²) >= 11 is 0. The van der Waals surface area contributed by atoms with Gasteiger partial charge in [0.2, 0.25) is 5.89 Å². The van der Waals surface area contributed by atoms with Crippen molar-refractivity contribution in [1.82, 2.24) is 10.1 Å².